The van der Waals surface area contributed by atoms with Gasteiger partial charge >= 0.3 is 21.3 Å². The Morgan fingerprint density at radius 1 is 1.07 bits per heavy atom. The Morgan fingerprint density at radius 3 is 2.36 bits per heavy atom. The number of hydrogen-bond acceptors (Lipinski definition) is 15. The number of aliphatic hydroxyl groups is 5. The molecule has 1 amide bonds. The SMILES string of the molecule is C#CCCC(=O)N[C@H]1[C@@H](OP(=O)(O)OP(=O)(O)OC[C@H]2O[C@@H](n3ccc(=O)[nH]c3=O)C(O)[C@H]2O)O[C@H](CO)[C@H](O)[C@@H]1O. The Bertz CT molecular complexity index is 1360. The van der Waals surface area contributed by atoms with Gasteiger partial charge in [0.2, 0.25) is 5.91 Å². The van der Waals surface area contributed by atoms with E-state index >= 15 is 0 Å². The lowest BCUT2D eigenvalue weighted by atomic mass is 9.97. The van der Waals surface area contributed by atoms with Gasteiger partial charge in [-0.2, -0.15) is 4.31 Å². The summed E-state index contributed by atoms with van der Waals surface area (Å²) in [4.78, 5) is 57.3. The monoisotopic (exact) mass is 645 g/mol. The van der Waals surface area contributed by atoms with Crippen LogP contribution in [0.2, 0.25) is 0 Å². The van der Waals surface area contributed by atoms with Crippen LogP contribution in [0.1, 0.15) is 19.1 Å². The van der Waals surface area contributed by atoms with Crippen LogP contribution < -0.4 is 16.6 Å². The molecule has 3 rings (SSSR count). The standard InChI is InChI=1S/C20H29N3O17P2/c1-2-3-4-11(25)21-13-16(29)14(27)9(7-24)38-19(13)39-42(34,35)40-41(32,33)36-8-10-15(28)17(30)18(37-10)23-6-5-12(26)22-20(23)31/h1,5-6,9-10,13-19,24,27-30H,3-4,7-8H2,(H,21,25)(H,32,33)(H,34,35)(H,22,26,31)/t9-,10-,13-,14+,15+,16-,17?,18-,19-/m1/s1. The third-order valence-corrected chi connectivity index (χ3v) is 8.61. The van der Waals surface area contributed by atoms with E-state index < -0.39 is 101 Å². The van der Waals surface area contributed by atoms with Gasteiger partial charge in [0.15, 0.2) is 12.5 Å². The van der Waals surface area contributed by atoms with Gasteiger partial charge in [-0.3, -0.25) is 28.2 Å². The maximum Gasteiger partial charge on any atom is 0.483 e. The predicted molar refractivity (Wildman–Crippen MR) is 133 cm³/mol. The highest BCUT2D eigenvalue weighted by Crippen LogP contribution is 2.61. The van der Waals surface area contributed by atoms with Crippen molar-refractivity contribution >= 4 is 21.6 Å². The first kappa shape index (κ1) is 34.2. The number of terminal acetylenes is 1. The summed E-state index contributed by atoms with van der Waals surface area (Å²) in [6.07, 6.45) is -8.47. The van der Waals surface area contributed by atoms with Crippen molar-refractivity contribution < 1.29 is 72.1 Å². The minimum Gasteiger partial charge on any atom is -0.394 e. The lowest BCUT2D eigenvalue weighted by molar-refractivity contribution is -0.248. The summed E-state index contributed by atoms with van der Waals surface area (Å²) < 4.78 is 49.6. The number of ether oxygens (including phenoxy) is 2. The summed E-state index contributed by atoms with van der Waals surface area (Å²) in [5, 5.41) is 52.5. The lowest BCUT2D eigenvalue weighted by Crippen LogP contribution is -2.64. The van der Waals surface area contributed by atoms with Crippen molar-refractivity contribution in [1.29, 1.82) is 0 Å². The van der Waals surface area contributed by atoms with Crippen molar-refractivity contribution in [2.75, 3.05) is 13.2 Å². The summed E-state index contributed by atoms with van der Waals surface area (Å²) in [5.74, 6) is 1.39. The van der Waals surface area contributed by atoms with E-state index in [0.717, 1.165) is 16.8 Å². The van der Waals surface area contributed by atoms with Crippen LogP contribution in [0.4, 0.5) is 0 Å². The molecule has 0 aromatic carbocycles. The first-order valence-corrected chi connectivity index (χ1v) is 15.0. The lowest BCUT2D eigenvalue weighted by Gasteiger charge is -2.42. The number of phosphoric ester groups is 2. The summed E-state index contributed by atoms with van der Waals surface area (Å²) in [6.45, 7) is -1.97. The summed E-state index contributed by atoms with van der Waals surface area (Å²) in [7, 11) is -11.2. The third kappa shape index (κ3) is 8.41. The molecule has 2 aliphatic rings. The smallest absolute Gasteiger partial charge is 0.394 e. The number of nitrogens with one attached hydrogen (secondary N) is 2. The van der Waals surface area contributed by atoms with E-state index in [1.165, 1.54) is 0 Å². The first-order valence-electron chi connectivity index (χ1n) is 12.0. The fourth-order valence-corrected chi connectivity index (χ4v) is 6.13. The van der Waals surface area contributed by atoms with Crippen LogP contribution in [0, 0.1) is 12.3 Å². The molecule has 2 aliphatic heterocycles. The van der Waals surface area contributed by atoms with Gasteiger partial charge < -0.3 is 50.1 Å². The van der Waals surface area contributed by atoms with Crippen LogP contribution in [-0.4, -0.2) is 113 Å². The molecule has 42 heavy (non-hydrogen) atoms. The van der Waals surface area contributed by atoms with E-state index in [0.29, 0.717) is 0 Å². The highest BCUT2D eigenvalue weighted by atomic mass is 31.3. The van der Waals surface area contributed by atoms with Gasteiger partial charge in [0.1, 0.15) is 42.7 Å². The molecular weight excluding hydrogens is 616 g/mol. The van der Waals surface area contributed by atoms with Gasteiger partial charge in [-0.1, -0.05) is 0 Å². The molecule has 3 heterocycles. The number of carbonyl (C=O) groups is 1. The van der Waals surface area contributed by atoms with Crippen molar-refractivity contribution in [2.24, 2.45) is 0 Å². The maximum atomic E-state index is 12.6. The van der Waals surface area contributed by atoms with E-state index in [-0.39, 0.29) is 12.8 Å². The number of amides is 1. The number of aliphatic hydroxyl groups excluding tert-OH is 5. The fraction of sp³-hybridized carbons (Fsp3) is 0.650. The molecule has 2 fully saturated rings. The second-order valence-corrected chi connectivity index (χ2v) is 12.0. The molecule has 236 valence electrons. The molecule has 0 spiro atoms. The third-order valence-electron chi connectivity index (χ3n) is 6.01. The van der Waals surface area contributed by atoms with E-state index in [9.17, 15) is 58.8 Å². The zero-order valence-corrected chi connectivity index (χ0v) is 23.1. The molecule has 0 saturated carbocycles. The Morgan fingerprint density at radius 2 is 1.74 bits per heavy atom. The Balaban J connectivity index is 1.67. The van der Waals surface area contributed by atoms with Gasteiger partial charge in [0.05, 0.1) is 13.2 Å². The van der Waals surface area contributed by atoms with Crippen molar-refractivity contribution in [3.63, 3.8) is 0 Å². The molecule has 1 aromatic heterocycles. The van der Waals surface area contributed by atoms with Crippen molar-refractivity contribution in [1.82, 2.24) is 14.9 Å². The van der Waals surface area contributed by atoms with Crippen LogP contribution in [0.25, 0.3) is 0 Å². The van der Waals surface area contributed by atoms with Crippen LogP contribution >= 0.6 is 15.6 Å². The topological polar surface area (TPSA) is 306 Å². The molecule has 22 heteroatoms. The van der Waals surface area contributed by atoms with Gasteiger partial charge in [-0.05, 0) is 0 Å². The molecule has 9 N–H and O–H groups in total. The number of carbonyl (C=O) groups excluding carboxylic acids is 1. The number of phosphoric acid groups is 2. The number of nitrogens with zero attached hydrogens (tertiary/aromatic N) is 1. The Labute approximate surface area is 235 Å². The zero-order valence-electron chi connectivity index (χ0n) is 21.3. The van der Waals surface area contributed by atoms with Crippen molar-refractivity contribution in [3.05, 3.63) is 33.1 Å². The largest absolute Gasteiger partial charge is 0.483 e. The highest BCUT2D eigenvalue weighted by molar-refractivity contribution is 7.61. The molecule has 0 aliphatic carbocycles. The minimum absolute atomic E-state index is 0.0335. The first-order chi connectivity index (χ1) is 19.6. The van der Waals surface area contributed by atoms with Gasteiger partial charge in [0, 0.05) is 25.1 Å². The van der Waals surface area contributed by atoms with Gasteiger partial charge in [-0.15, -0.1) is 12.3 Å². The van der Waals surface area contributed by atoms with Gasteiger partial charge in [0.25, 0.3) is 5.56 Å². The normalized spacial score (nSPS) is 34.2. The quantitative estimate of drug-likeness (QED) is 0.0767. The highest BCUT2D eigenvalue weighted by Gasteiger charge is 2.50. The molecule has 20 nitrogen and oxygen atoms in total. The number of hydrogen-bond donors (Lipinski definition) is 9. The average molecular weight is 645 g/mol. The second-order valence-electron chi connectivity index (χ2n) is 8.99. The van der Waals surface area contributed by atoms with Crippen LogP contribution in [0.5, 0.6) is 0 Å². The van der Waals surface area contributed by atoms with Crippen LogP contribution in [0.15, 0.2) is 21.9 Å². The second kappa shape index (κ2) is 14.0. The summed E-state index contributed by atoms with van der Waals surface area (Å²) in [5.41, 5.74) is -1.77. The number of aromatic nitrogens is 2. The van der Waals surface area contributed by atoms with Crippen LogP contribution in [-0.2, 0) is 36.8 Å². The Kier molecular flexibility index (Phi) is 11.4. The zero-order chi connectivity index (χ0) is 31.4. The number of rotatable bonds is 12. The molecule has 1 aromatic rings. The van der Waals surface area contributed by atoms with E-state index in [4.69, 9.17) is 20.4 Å². The molecular formula is C20H29N3O17P2. The molecule has 3 unspecified atom stereocenters. The van der Waals surface area contributed by atoms with Crippen molar-refractivity contribution in [2.45, 2.75) is 68.0 Å². The van der Waals surface area contributed by atoms with Crippen molar-refractivity contribution in [3.8, 4) is 12.3 Å². The van der Waals surface area contributed by atoms with Crippen LogP contribution in [0.3, 0.4) is 0 Å². The van der Waals surface area contributed by atoms with E-state index in [1.807, 2.05) is 4.98 Å². The molecule has 0 radical (unpaired) electrons. The molecule has 0 bridgehead atoms. The fourth-order valence-electron chi connectivity index (χ4n) is 3.97. The summed E-state index contributed by atoms with van der Waals surface area (Å²) >= 11 is 0. The minimum atomic E-state index is -5.68. The number of aromatic amines is 1. The van der Waals surface area contributed by atoms with Gasteiger partial charge in [-0.25, -0.2) is 13.9 Å². The summed E-state index contributed by atoms with van der Waals surface area (Å²) in [6, 6.07) is -0.832. The Hall–Kier alpha value is -2.31. The maximum absolute atomic E-state index is 12.6. The average Bonchev–Trinajstić information content (AvgIpc) is 3.18. The number of H-pyrrole nitrogens is 1. The van der Waals surface area contributed by atoms with E-state index in [2.05, 4.69) is 20.1 Å². The molecule has 11 atom stereocenters. The molecule has 2 saturated heterocycles. The predicted octanol–water partition coefficient (Wildman–Crippen LogP) is -4.26. The van der Waals surface area contributed by atoms with E-state index in [1.54, 1.807) is 0 Å².